The van der Waals surface area contributed by atoms with Crippen molar-refractivity contribution in [2.24, 2.45) is 0 Å². The zero-order valence-electron chi connectivity index (χ0n) is 25.3. The van der Waals surface area contributed by atoms with Crippen LogP contribution in [0.4, 0.5) is 0 Å². The van der Waals surface area contributed by atoms with Crippen LogP contribution in [0.1, 0.15) is 0 Å². The highest BCUT2D eigenvalue weighted by Gasteiger charge is 2.26. The molecular formula is C42H26O6. The van der Waals surface area contributed by atoms with Crippen molar-refractivity contribution in [1.82, 2.24) is 0 Å². The molecule has 0 aliphatic heterocycles. The van der Waals surface area contributed by atoms with Crippen molar-refractivity contribution in [2.75, 3.05) is 0 Å². The van der Waals surface area contributed by atoms with Crippen molar-refractivity contribution < 1.29 is 29.9 Å². The molecule has 0 amide bonds. The van der Waals surface area contributed by atoms with E-state index in [2.05, 4.69) is 48.5 Å². The third-order valence-electron chi connectivity index (χ3n) is 9.41. The number of phenols is 5. The van der Waals surface area contributed by atoms with E-state index in [-0.39, 0.29) is 5.56 Å². The molecule has 0 aliphatic carbocycles. The van der Waals surface area contributed by atoms with E-state index in [0.29, 0.717) is 5.56 Å². The summed E-state index contributed by atoms with van der Waals surface area (Å²) >= 11 is 0. The highest BCUT2D eigenvalue weighted by Crippen LogP contribution is 2.56. The van der Waals surface area contributed by atoms with Crippen LogP contribution >= 0.6 is 0 Å². The Morgan fingerprint density at radius 2 is 0.854 bits per heavy atom. The SMILES string of the molecule is Oc1c(O)c(O)c(-c2ccc3c(-c4cccc5ccccc45)c4ccccc4c(-c4ccc5oc6ccccc6c5c4)c3c2)c(O)c1O. The number of rotatable bonds is 3. The van der Waals surface area contributed by atoms with Crippen molar-refractivity contribution in [2.45, 2.75) is 0 Å². The van der Waals surface area contributed by atoms with Gasteiger partial charge in [0.2, 0.25) is 17.2 Å². The van der Waals surface area contributed by atoms with Crippen LogP contribution in [0.5, 0.6) is 28.7 Å². The van der Waals surface area contributed by atoms with Crippen molar-refractivity contribution in [3.63, 3.8) is 0 Å². The third-order valence-corrected chi connectivity index (χ3v) is 9.41. The van der Waals surface area contributed by atoms with Crippen LogP contribution < -0.4 is 0 Å². The maximum absolute atomic E-state index is 10.9. The van der Waals surface area contributed by atoms with E-state index in [4.69, 9.17) is 4.42 Å². The van der Waals surface area contributed by atoms with Gasteiger partial charge in [0.1, 0.15) is 11.2 Å². The van der Waals surface area contributed by atoms with E-state index in [1.54, 1.807) is 6.07 Å². The fourth-order valence-electron chi connectivity index (χ4n) is 7.22. The van der Waals surface area contributed by atoms with Gasteiger partial charge >= 0.3 is 0 Å². The molecule has 0 radical (unpaired) electrons. The number of furan rings is 1. The van der Waals surface area contributed by atoms with E-state index in [9.17, 15) is 25.5 Å². The molecule has 8 aromatic carbocycles. The lowest BCUT2D eigenvalue weighted by atomic mass is 9.83. The molecule has 0 saturated carbocycles. The van der Waals surface area contributed by atoms with Gasteiger partial charge in [-0.25, -0.2) is 0 Å². The highest BCUT2D eigenvalue weighted by atomic mass is 16.4. The Bertz CT molecular complexity index is 2760. The van der Waals surface area contributed by atoms with Crippen molar-refractivity contribution in [3.8, 4) is 62.1 Å². The van der Waals surface area contributed by atoms with Crippen LogP contribution in [0.2, 0.25) is 0 Å². The molecule has 48 heavy (non-hydrogen) atoms. The minimum Gasteiger partial charge on any atom is -0.504 e. The van der Waals surface area contributed by atoms with Crippen LogP contribution in [0.25, 0.3) is 87.6 Å². The van der Waals surface area contributed by atoms with E-state index in [1.807, 2.05) is 72.8 Å². The Kier molecular flexibility index (Phi) is 5.86. The molecule has 1 heterocycles. The summed E-state index contributed by atoms with van der Waals surface area (Å²) in [6.45, 7) is 0. The van der Waals surface area contributed by atoms with Crippen LogP contribution in [-0.4, -0.2) is 25.5 Å². The molecule has 0 spiro atoms. The molecule has 1 aromatic heterocycles. The third kappa shape index (κ3) is 3.86. The maximum Gasteiger partial charge on any atom is 0.208 e. The summed E-state index contributed by atoms with van der Waals surface area (Å²) < 4.78 is 6.15. The van der Waals surface area contributed by atoms with Gasteiger partial charge in [-0.05, 0) is 84.4 Å². The first-order valence-electron chi connectivity index (χ1n) is 15.5. The van der Waals surface area contributed by atoms with E-state index >= 15 is 0 Å². The van der Waals surface area contributed by atoms with Crippen molar-refractivity contribution in [1.29, 1.82) is 0 Å². The monoisotopic (exact) mass is 626 g/mol. The van der Waals surface area contributed by atoms with E-state index < -0.39 is 28.7 Å². The number of para-hydroxylation sites is 1. The van der Waals surface area contributed by atoms with Crippen LogP contribution in [0.3, 0.4) is 0 Å². The summed E-state index contributed by atoms with van der Waals surface area (Å²) in [6.07, 6.45) is 0. The molecule has 0 fully saturated rings. The van der Waals surface area contributed by atoms with Crippen molar-refractivity contribution in [3.05, 3.63) is 127 Å². The molecule has 9 aromatic rings. The summed E-state index contributed by atoms with van der Waals surface area (Å²) in [6, 6.07) is 42.3. The molecule has 0 bridgehead atoms. The number of fused-ring (bicyclic) bond motifs is 6. The topological polar surface area (TPSA) is 114 Å². The first-order valence-corrected chi connectivity index (χ1v) is 15.5. The summed E-state index contributed by atoms with van der Waals surface area (Å²) in [4.78, 5) is 0. The standard InChI is InChI=1S/C42H26O6/c43-38-36(39(44)41(46)42(47)40(38)45)24-16-18-30-32(21-24)35(23-17-19-34-31(20-23)26-11-5-6-15-33(26)48-34)28-12-3-4-13-29(28)37(30)27-14-7-9-22-8-1-2-10-25(22)27/h1-21,43-47H. The molecule has 5 N–H and O–H groups in total. The van der Waals surface area contributed by atoms with E-state index in [1.165, 1.54) is 0 Å². The van der Waals surface area contributed by atoms with Crippen LogP contribution in [-0.2, 0) is 0 Å². The Morgan fingerprint density at radius 1 is 0.333 bits per heavy atom. The number of hydrogen-bond donors (Lipinski definition) is 5. The lowest BCUT2D eigenvalue weighted by molar-refractivity contribution is 0.330. The summed E-state index contributed by atoms with van der Waals surface area (Å²) in [5.74, 6) is -4.34. The molecule has 6 nitrogen and oxygen atoms in total. The zero-order valence-corrected chi connectivity index (χ0v) is 25.3. The number of phenolic OH excluding ortho intramolecular Hbond substituents is 5. The first-order chi connectivity index (χ1) is 23.4. The van der Waals surface area contributed by atoms with Gasteiger partial charge < -0.3 is 29.9 Å². The Hall–Kier alpha value is -6.66. The first kappa shape index (κ1) is 27.6. The average Bonchev–Trinajstić information content (AvgIpc) is 3.50. The molecule has 9 rings (SSSR count). The van der Waals surface area contributed by atoms with Gasteiger partial charge in [-0.2, -0.15) is 0 Å². The number of aromatic hydroxyl groups is 5. The van der Waals surface area contributed by atoms with Crippen LogP contribution in [0.15, 0.2) is 132 Å². The summed E-state index contributed by atoms with van der Waals surface area (Å²) in [5, 5.41) is 60.7. The smallest absolute Gasteiger partial charge is 0.208 e. The van der Waals surface area contributed by atoms with Crippen LogP contribution in [0, 0.1) is 0 Å². The lowest BCUT2D eigenvalue weighted by Gasteiger charge is -2.20. The molecule has 6 heteroatoms. The Labute approximate surface area is 273 Å². The fourth-order valence-corrected chi connectivity index (χ4v) is 7.22. The van der Waals surface area contributed by atoms with Gasteiger partial charge in [0.15, 0.2) is 11.5 Å². The number of hydrogen-bond acceptors (Lipinski definition) is 6. The van der Waals surface area contributed by atoms with Crippen molar-refractivity contribution >= 4 is 54.3 Å². The molecule has 0 unspecified atom stereocenters. The molecule has 0 atom stereocenters. The minimum absolute atomic E-state index is 0.202. The fraction of sp³-hybridized carbons (Fsp3) is 0. The molecule has 0 saturated heterocycles. The zero-order chi connectivity index (χ0) is 32.7. The molecular weight excluding hydrogens is 600 g/mol. The van der Waals surface area contributed by atoms with Gasteiger partial charge in [-0.3, -0.25) is 0 Å². The van der Waals surface area contributed by atoms with Gasteiger partial charge in [0.25, 0.3) is 0 Å². The maximum atomic E-state index is 10.9. The molecule has 0 aliphatic rings. The van der Waals surface area contributed by atoms with Gasteiger partial charge in [0.05, 0.1) is 5.56 Å². The second-order valence-corrected chi connectivity index (χ2v) is 12.0. The summed E-state index contributed by atoms with van der Waals surface area (Å²) in [5.41, 5.74) is 5.62. The second-order valence-electron chi connectivity index (χ2n) is 12.0. The normalized spacial score (nSPS) is 11.8. The predicted octanol–water partition coefficient (Wildman–Crippen LogP) is 10.6. The Balaban J connectivity index is 1.45. The average molecular weight is 627 g/mol. The van der Waals surface area contributed by atoms with E-state index in [0.717, 1.165) is 76.5 Å². The minimum atomic E-state index is -1.000. The highest BCUT2D eigenvalue weighted by molar-refractivity contribution is 6.24. The van der Waals surface area contributed by atoms with Gasteiger partial charge in [-0.15, -0.1) is 0 Å². The quantitative estimate of drug-likeness (QED) is 0.0757. The largest absolute Gasteiger partial charge is 0.504 e. The predicted molar refractivity (Wildman–Crippen MR) is 191 cm³/mol. The molecule has 230 valence electrons. The van der Waals surface area contributed by atoms with Gasteiger partial charge in [-0.1, -0.05) is 103 Å². The van der Waals surface area contributed by atoms with Gasteiger partial charge in [0, 0.05) is 10.8 Å². The lowest BCUT2D eigenvalue weighted by Crippen LogP contribution is -1.93. The summed E-state index contributed by atoms with van der Waals surface area (Å²) in [7, 11) is 0. The Morgan fingerprint density at radius 3 is 1.62 bits per heavy atom. The second kappa shape index (κ2) is 10.2. The number of benzene rings is 8.